The van der Waals surface area contributed by atoms with Crippen LogP contribution in [0.3, 0.4) is 0 Å². The minimum atomic E-state index is -1.27. The molecule has 21 heavy (non-hydrogen) atoms. The van der Waals surface area contributed by atoms with Gasteiger partial charge in [0.05, 0.1) is 5.69 Å². The molecule has 0 aliphatic rings. The molecule has 2 aromatic carbocycles. The second-order valence-electron chi connectivity index (χ2n) is 4.42. The highest BCUT2D eigenvalue weighted by Gasteiger charge is 2.15. The number of phenols is 1. The maximum Gasteiger partial charge on any atom is 0.339 e. The Morgan fingerprint density at radius 1 is 1.19 bits per heavy atom. The number of benzene rings is 2. The molecule has 3 N–H and O–H groups in total. The molecule has 2 rings (SSSR count). The molecule has 0 saturated heterocycles. The maximum atomic E-state index is 12.1. The molecule has 5 nitrogen and oxygen atoms in total. The summed E-state index contributed by atoms with van der Waals surface area (Å²) in [5, 5.41) is 21.8. The number of hydrogen-bond acceptors (Lipinski definition) is 3. The number of rotatable bonds is 3. The van der Waals surface area contributed by atoms with Crippen molar-refractivity contribution in [3.05, 3.63) is 58.1 Å². The molecule has 6 heteroatoms. The Labute approximate surface area is 125 Å². The number of nitrogens with one attached hydrogen (secondary N) is 1. The molecule has 0 unspecified atom stereocenters. The van der Waals surface area contributed by atoms with Crippen LogP contribution in [-0.4, -0.2) is 22.1 Å². The summed E-state index contributed by atoms with van der Waals surface area (Å²) in [5.41, 5.74) is 0.859. The summed E-state index contributed by atoms with van der Waals surface area (Å²) in [4.78, 5) is 23.0. The van der Waals surface area contributed by atoms with Gasteiger partial charge in [-0.15, -0.1) is 0 Å². The monoisotopic (exact) mass is 305 g/mol. The van der Waals surface area contributed by atoms with E-state index in [-0.39, 0.29) is 11.3 Å². The van der Waals surface area contributed by atoms with E-state index in [0.717, 1.165) is 5.56 Å². The van der Waals surface area contributed by atoms with Crippen LogP contribution in [0, 0.1) is 6.92 Å². The predicted octanol–water partition coefficient (Wildman–Crippen LogP) is 3.30. The van der Waals surface area contributed by atoms with Crippen molar-refractivity contribution < 1.29 is 19.8 Å². The summed E-state index contributed by atoms with van der Waals surface area (Å²) in [6, 6.07) is 8.85. The molecule has 0 heterocycles. The molecule has 0 aromatic heterocycles. The van der Waals surface area contributed by atoms with Crippen LogP contribution in [0.2, 0.25) is 5.02 Å². The van der Waals surface area contributed by atoms with Gasteiger partial charge in [-0.05, 0) is 42.8 Å². The first-order chi connectivity index (χ1) is 9.90. The highest BCUT2D eigenvalue weighted by atomic mass is 35.5. The molecule has 0 fully saturated rings. The zero-order chi connectivity index (χ0) is 15.6. The van der Waals surface area contributed by atoms with E-state index in [9.17, 15) is 14.7 Å². The minimum Gasteiger partial charge on any atom is -0.505 e. The summed E-state index contributed by atoms with van der Waals surface area (Å²) in [5.74, 6) is -2.22. The van der Waals surface area contributed by atoms with E-state index < -0.39 is 17.6 Å². The van der Waals surface area contributed by atoms with Crippen LogP contribution in [0.25, 0.3) is 0 Å². The molecular formula is C15H12ClNO4. The molecule has 0 aliphatic heterocycles. The summed E-state index contributed by atoms with van der Waals surface area (Å²) >= 11 is 5.89. The minimum absolute atomic E-state index is 0.0347. The van der Waals surface area contributed by atoms with Crippen LogP contribution in [0.15, 0.2) is 36.4 Å². The highest BCUT2D eigenvalue weighted by Crippen LogP contribution is 2.28. The summed E-state index contributed by atoms with van der Waals surface area (Å²) < 4.78 is 0. The van der Waals surface area contributed by atoms with Crippen molar-refractivity contribution in [1.29, 1.82) is 0 Å². The molecule has 0 radical (unpaired) electrons. The lowest BCUT2D eigenvalue weighted by Gasteiger charge is -2.09. The SMILES string of the molecule is Cc1cc(C(=O)Nc2cccc(C(=O)O)c2O)ccc1Cl. The second kappa shape index (κ2) is 5.85. The summed E-state index contributed by atoms with van der Waals surface area (Å²) in [7, 11) is 0. The van der Waals surface area contributed by atoms with Gasteiger partial charge < -0.3 is 15.5 Å². The topological polar surface area (TPSA) is 86.6 Å². The molecule has 0 aliphatic carbocycles. The van der Waals surface area contributed by atoms with Gasteiger partial charge in [0, 0.05) is 10.6 Å². The van der Waals surface area contributed by atoms with E-state index in [1.807, 2.05) is 0 Å². The fraction of sp³-hybridized carbons (Fsp3) is 0.0667. The molecule has 0 atom stereocenters. The summed E-state index contributed by atoms with van der Waals surface area (Å²) in [6.07, 6.45) is 0. The first-order valence-corrected chi connectivity index (χ1v) is 6.40. The zero-order valence-electron chi connectivity index (χ0n) is 11.1. The van der Waals surface area contributed by atoms with Crippen molar-refractivity contribution in [1.82, 2.24) is 0 Å². The van der Waals surface area contributed by atoms with E-state index in [2.05, 4.69) is 5.32 Å². The third-order valence-corrected chi connectivity index (χ3v) is 3.36. The molecule has 0 bridgehead atoms. The lowest BCUT2D eigenvalue weighted by molar-refractivity contribution is 0.0693. The normalized spacial score (nSPS) is 10.2. The smallest absolute Gasteiger partial charge is 0.339 e. The van der Waals surface area contributed by atoms with Crippen LogP contribution < -0.4 is 5.32 Å². The van der Waals surface area contributed by atoms with Crippen molar-refractivity contribution in [3.8, 4) is 5.75 Å². The van der Waals surface area contributed by atoms with Gasteiger partial charge in [-0.3, -0.25) is 4.79 Å². The Hall–Kier alpha value is -2.53. The van der Waals surface area contributed by atoms with E-state index in [4.69, 9.17) is 16.7 Å². The molecule has 2 aromatic rings. The number of aromatic hydroxyl groups is 1. The van der Waals surface area contributed by atoms with Gasteiger partial charge in [0.25, 0.3) is 5.91 Å². The Morgan fingerprint density at radius 3 is 2.52 bits per heavy atom. The Bertz CT molecular complexity index is 728. The lowest BCUT2D eigenvalue weighted by Crippen LogP contribution is -2.13. The van der Waals surface area contributed by atoms with Gasteiger partial charge in [0.1, 0.15) is 5.56 Å². The van der Waals surface area contributed by atoms with Crippen LogP contribution >= 0.6 is 11.6 Å². The first-order valence-electron chi connectivity index (χ1n) is 6.03. The molecular weight excluding hydrogens is 294 g/mol. The number of para-hydroxylation sites is 1. The van der Waals surface area contributed by atoms with Gasteiger partial charge in [-0.25, -0.2) is 4.79 Å². The second-order valence-corrected chi connectivity index (χ2v) is 4.83. The van der Waals surface area contributed by atoms with Crippen LogP contribution in [-0.2, 0) is 0 Å². The number of carboxylic acids is 1. The zero-order valence-corrected chi connectivity index (χ0v) is 11.8. The highest BCUT2D eigenvalue weighted by molar-refractivity contribution is 6.31. The van der Waals surface area contributed by atoms with Gasteiger partial charge in [-0.1, -0.05) is 17.7 Å². The molecule has 1 amide bonds. The van der Waals surface area contributed by atoms with Crippen molar-refractivity contribution in [2.45, 2.75) is 6.92 Å². The number of anilines is 1. The van der Waals surface area contributed by atoms with Gasteiger partial charge in [0.15, 0.2) is 5.75 Å². The fourth-order valence-electron chi connectivity index (χ4n) is 1.80. The van der Waals surface area contributed by atoms with Crippen molar-refractivity contribution >= 4 is 29.2 Å². The largest absolute Gasteiger partial charge is 0.505 e. The number of amides is 1. The fourth-order valence-corrected chi connectivity index (χ4v) is 1.91. The van der Waals surface area contributed by atoms with Gasteiger partial charge in [-0.2, -0.15) is 0 Å². The van der Waals surface area contributed by atoms with Crippen molar-refractivity contribution in [2.75, 3.05) is 5.32 Å². The van der Waals surface area contributed by atoms with E-state index in [1.165, 1.54) is 18.2 Å². The number of carbonyl (C=O) groups excluding carboxylic acids is 1. The number of carbonyl (C=O) groups is 2. The lowest BCUT2D eigenvalue weighted by atomic mass is 10.1. The number of hydrogen-bond donors (Lipinski definition) is 3. The van der Waals surface area contributed by atoms with E-state index in [1.54, 1.807) is 25.1 Å². The average molecular weight is 306 g/mol. The maximum absolute atomic E-state index is 12.1. The van der Waals surface area contributed by atoms with Crippen molar-refractivity contribution in [3.63, 3.8) is 0 Å². The van der Waals surface area contributed by atoms with Crippen LogP contribution in [0.4, 0.5) is 5.69 Å². The van der Waals surface area contributed by atoms with Crippen molar-refractivity contribution in [2.24, 2.45) is 0 Å². The first kappa shape index (κ1) is 14.9. The third kappa shape index (κ3) is 3.14. The Morgan fingerprint density at radius 2 is 1.90 bits per heavy atom. The third-order valence-electron chi connectivity index (χ3n) is 2.93. The van der Waals surface area contributed by atoms with E-state index in [0.29, 0.717) is 10.6 Å². The van der Waals surface area contributed by atoms with Gasteiger partial charge in [0.2, 0.25) is 0 Å². The molecule has 0 spiro atoms. The molecule has 108 valence electrons. The van der Waals surface area contributed by atoms with Gasteiger partial charge >= 0.3 is 5.97 Å². The van der Waals surface area contributed by atoms with Crippen LogP contribution in [0.1, 0.15) is 26.3 Å². The van der Waals surface area contributed by atoms with Crippen LogP contribution in [0.5, 0.6) is 5.75 Å². The number of aryl methyl sites for hydroxylation is 1. The quantitative estimate of drug-likeness (QED) is 0.759. The molecule has 0 saturated carbocycles. The Balaban J connectivity index is 2.29. The standard InChI is InChI=1S/C15H12ClNO4/c1-8-7-9(5-6-11(8)16)14(19)17-12-4-2-3-10(13(12)18)15(20)21/h2-7,18H,1H3,(H,17,19)(H,20,21). The number of halogens is 1. The number of aromatic carboxylic acids is 1. The predicted molar refractivity (Wildman–Crippen MR) is 79.2 cm³/mol. The average Bonchev–Trinajstić information content (AvgIpc) is 2.43. The Kier molecular flexibility index (Phi) is 4.14. The van der Waals surface area contributed by atoms with E-state index >= 15 is 0 Å². The number of carboxylic acid groups (broad SMARTS) is 1. The summed E-state index contributed by atoms with van der Waals surface area (Å²) in [6.45, 7) is 1.77.